The molecule has 2 heterocycles. The van der Waals surface area contributed by atoms with Crippen LogP contribution in [0, 0.1) is 5.82 Å². The molecular formula is C15H16FN5O. The molecule has 0 aliphatic rings. The number of hydrogen-bond acceptors (Lipinski definition) is 5. The summed E-state index contributed by atoms with van der Waals surface area (Å²) in [5.41, 5.74) is 1.67. The van der Waals surface area contributed by atoms with Crippen LogP contribution in [-0.4, -0.2) is 33.1 Å². The molecule has 0 saturated carbocycles. The number of anilines is 1. The Balaban J connectivity index is 1.50. The Morgan fingerprint density at radius 3 is 3.09 bits per heavy atom. The van der Waals surface area contributed by atoms with Crippen molar-refractivity contribution in [1.29, 1.82) is 0 Å². The highest BCUT2D eigenvalue weighted by atomic mass is 19.1. The van der Waals surface area contributed by atoms with Crippen LogP contribution in [0.1, 0.15) is 6.42 Å². The third kappa shape index (κ3) is 3.13. The first-order valence-corrected chi connectivity index (χ1v) is 7.00. The second kappa shape index (κ2) is 6.38. The van der Waals surface area contributed by atoms with Crippen molar-refractivity contribution in [2.75, 3.05) is 18.5 Å². The molecular weight excluding hydrogens is 285 g/mol. The zero-order chi connectivity index (χ0) is 15.4. The van der Waals surface area contributed by atoms with Crippen molar-refractivity contribution in [3.63, 3.8) is 0 Å². The van der Waals surface area contributed by atoms with Gasteiger partial charge in [0.1, 0.15) is 11.6 Å². The van der Waals surface area contributed by atoms with E-state index in [9.17, 15) is 4.39 Å². The van der Waals surface area contributed by atoms with E-state index in [0.29, 0.717) is 24.7 Å². The van der Waals surface area contributed by atoms with Gasteiger partial charge in [-0.2, -0.15) is 0 Å². The summed E-state index contributed by atoms with van der Waals surface area (Å²) in [7, 11) is 1.84. The van der Waals surface area contributed by atoms with Gasteiger partial charge >= 0.3 is 0 Å². The van der Waals surface area contributed by atoms with Crippen molar-refractivity contribution < 1.29 is 9.13 Å². The van der Waals surface area contributed by atoms with Gasteiger partial charge in [0, 0.05) is 25.9 Å². The summed E-state index contributed by atoms with van der Waals surface area (Å²) < 4.78 is 20.2. The zero-order valence-electron chi connectivity index (χ0n) is 12.2. The van der Waals surface area contributed by atoms with Crippen LogP contribution < -0.4 is 10.1 Å². The normalized spacial score (nSPS) is 10.8. The summed E-state index contributed by atoms with van der Waals surface area (Å²) in [5.74, 6) is 0.944. The van der Waals surface area contributed by atoms with E-state index >= 15 is 0 Å². The van der Waals surface area contributed by atoms with Crippen LogP contribution >= 0.6 is 0 Å². The van der Waals surface area contributed by atoms with E-state index in [1.807, 2.05) is 13.1 Å². The molecule has 0 aliphatic heterocycles. The Morgan fingerprint density at radius 2 is 2.23 bits per heavy atom. The van der Waals surface area contributed by atoms with Crippen molar-refractivity contribution in [1.82, 2.24) is 20.0 Å². The number of benzene rings is 1. The Kier molecular flexibility index (Phi) is 4.13. The monoisotopic (exact) mass is 301 g/mol. The quantitative estimate of drug-likeness (QED) is 0.708. The maximum atomic E-state index is 13.0. The van der Waals surface area contributed by atoms with Crippen LogP contribution in [0.4, 0.5) is 10.2 Å². The summed E-state index contributed by atoms with van der Waals surface area (Å²) >= 11 is 0. The molecule has 3 rings (SSSR count). The molecule has 0 fully saturated rings. The average Bonchev–Trinajstić information content (AvgIpc) is 2.90. The van der Waals surface area contributed by atoms with Gasteiger partial charge in [-0.3, -0.25) is 0 Å². The lowest BCUT2D eigenvalue weighted by atomic mass is 10.3. The topological polar surface area (TPSA) is 64.9 Å². The number of aryl methyl sites for hydroxylation is 1. The zero-order valence-corrected chi connectivity index (χ0v) is 12.2. The maximum absolute atomic E-state index is 13.0. The van der Waals surface area contributed by atoms with Crippen molar-refractivity contribution in [3.8, 4) is 5.75 Å². The van der Waals surface area contributed by atoms with Gasteiger partial charge in [0.15, 0.2) is 11.3 Å². The first-order valence-electron chi connectivity index (χ1n) is 7.00. The van der Waals surface area contributed by atoms with Crippen LogP contribution in [0.15, 0.2) is 36.5 Å². The van der Waals surface area contributed by atoms with Gasteiger partial charge in [-0.05, 0) is 24.6 Å². The van der Waals surface area contributed by atoms with Gasteiger partial charge < -0.3 is 10.1 Å². The smallest absolute Gasteiger partial charge is 0.156 e. The highest BCUT2D eigenvalue weighted by molar-refractivity contribution is 5.84. The van der Waals surface area contributed by atoms with Crippen LogP contribution in [0.3, 0.4) is 0 Å². The molecule has 0 spiro atoms. The van der Waals surface area contributed by atoms with Gasteiger partial charge in [0.25, 0.3) is 0 Å². The predicted octanol–water partition coefficient (Wildman–Crippen LogP) is 2.38. The molecule has 2 aromatic heterocycles. The molecule has 0 saturated heterocycles. The summed E-state index contributed by atoms with van der Waals surface area (Å²) in [5, 5.41) is 11.3. The summed E-state index contributed by atoms with van der Waals surface area (Å²) in [4.78, 5) is 4.27. The van der Waals surface area contributed by atoms with Crippen molar-refractivity contribution in [2.24, 2.45) is 7.05 Å². The van der Waals surface area contributed by atoms with Crippen LogP contribution in [-0.2, 0) is 7.05 Å². The van der Waals surface area contributed by atoms with Gasteiger partial charge in [0.05, 0.1) is 12.1 Å². The maximum Gasteiger partial charge on any atom is 0.156 e. The standard InChI is InChI=1S/C15H16FN5O/c1-21-13-6-8-18-15(14(13)19-20-21)17-7-3-9-22-12-5-2-4-11(16)10-12/h2,4-6,8,10H,3,7,9H2,1H3,(H,17,18). The molecule has 0 bridgehead atoms. The SMILES string of the molecule is Cn1nnc2c(NCCCOc3cccc(F)c3)nccc21. The number of pyridine rings is 1. The molecule has 22 heavy (non-hydrogen) atoms. The fraction of sp³-hybridized carbons (Fsp3) is 0.267. The van der Waals surface area contributed by atoms with E-state index in [2.05, 4.69) is 20.6 Å². The third-order valence-electron chi connectivity index (χ3n) is 3.21. The molecule has 0 aliphatic carbocycles. The van der Waals surface area contributed by atoms with Crippen molar-refractivity contribution >= 4 is 16.9 Å². The van der Waals surface area contributed by atoms with Gasteiger partial charge in [-0.1, -0.05) is 11.3 Å². The Hall–Kier alpha value is -2.70. The number of nitrogens with one attached hydrogen (secondary N) is 1. The first-order chi connectivity index (χ1) is 10.7. The fourth-order valence-corrected chi connectivity index (χ4v) is 2.12. The first kappa shape index (κ1) is 14.2. The predicted molar refractivity (Wildman–Crippen MR) is 81.3 cm³/mol. The fourth-order valence-electron chi connectivity index (χ4n) is 2.12. The number of ether oxygens (including phenoxy) is 1. The molecule has 3 aromatic rings. The van der Waals surface area contributed by atoms with Gasteiger partial charge in [0.2, 0.25) is 0 Å². The molecule has 114 valence electrons. The van der Waals surface area contributed by atoms with Crippen LogP contribution in [0.2, 0.25) is 0 Å². The van der Waals surface area contributed by atoms with Crippen LogP contribution in [0.5, 0.6) is 5.75 Å². The molecule has 1 aromatic carbocycles. The van der Waals surface area contributed by atoms with Crippen molar-refractivity contribution in [2.45, 2.75) is 6.42 Å². The number of fused-ring (bicyclic) bond motifs is 1. The summed E-state index contributed by atoms with van der Waals surface area (Å²) in [6.07, 6.45) is 2.48. The van der Waals surface area contributed by atoms with Crippen LogP contribution in [0.25, 0.3) is 11.0 Å². The average molecular weight is 301 g/mol. The van der Waals surface area contributed by atoms with Crippen molar-refractivity contribution in [3.05, 3.63) is 42.3 Å². The van der Waals surface area contributed by atoms with Gasteiger partial charge in [-0.25, -0.2) is 14.1 Å². The van der Waals surface area contributed by atoms with E-state index in [1.54, 1.807) is 23.0 Å². The lowest BCUT2D eigenvalue weighted by Gasteiger charge is -2.08. The highest BCUT2D eigenvalue weighted by Crippen LogP contribution is 2.17. The molecule has 0 unspecified atom stereocenters. The molecule has 1 N–H and O–H groups in total. The molecule has 0 radical (unpaired) electrons. The van der Waals surface area contributed by atoms with E-state index in [1.165, 1.54) is 12.1 Å². The minimum atomic E-state index is -0.297. The second-order valence-electron chi connectivity index (χ2n) is 4.83. The number of halogens is 1. The number of aromatic nitrogens is 4. The van der Waals surface area contributed by atoms with E-state index < -0.39 is 0 Å². The lowest BCUT2D eigenvalue weighted by Crippen LogP contribution is -2.08. The van der Waals surface area contributed by atoms with E-state index in [-0.39, 0.29) is 5.82 Å². The van der Waals surface area contributed by atoms with Gasteiger partial charge in [-0.15, -0.1) is 5.10 Å². The number of rotatable bonds is 6. The Morgan fingerprint density at radius 1 is 1.32 bits per heavy atom. The highest BCUT2D eigenvalue weighted by Gasteiger charge is 2.07. The third-order valence-corrected chi connectivity index (χ3v) is 3.21. The molecule has 6 nitrogen and oxygen atoms in total. The van der Waals surface area contributed by atoms with E-state index in [4.69, 9.17) is 4.74 Å². The minimum absolute atomic E-state index is 0.297. The largest absolute Gasteiger partial charge is 0.493 e. The number of hydrogen-bond donors (Lipinski definition) is 1. The number of nitrogens with zero attached hydrogens (tertiary/aromatic N) is 4. The Bertz CT molecular complexity index is 773. The Labute approximate surface area is 126 Å². The van der Waals surface area contributed by atoms with E-state index in [0.717, 1.165) is 17.5 Å². The molecule has 0 amide bonds. The lowest BCUT2D eigenvalue weighted by molar-refractivity contribution is 0.313. The second-order valence-corrected chi connectivity index (χ2v) is 4.83. The summed E-state index contributed by atoms with van der Waals surface area (Å²) in [6, 6.07) is 7.99. The summed E-state index contributed by atoms with van der Waals surface area (Å²) in [6.45, 7) is 1.17. The minimum Gasteiger partial charge on any atom is -0.493 e. The molecule has 7 heteroatoms. The molecule has 0 atom stereocenters.